The summed E-state index contributed by atoms with van der Waals surface area (Å²) >= 11 is 1.42. The molecule has 2 unspecified atom stereocenters. The van der Waals surface area contributed by atoms with E-state index in [9.17, 15) is 23.1 Å². The zero-order valence-electron chi connectivity index (χ0n) is 25.3. The zero-order chi connectivity index (χ0) is 32.2. The van der Waals surface area contributed by atoms with Crippen LogP contribution in [0.25, 0.3) is 21.5 Å². The highest BCUT2D eigenvalue weighted by molar-refractivity contribution is 7.22. The van der Waals surface area contributed by atoms with E-state index in [0.717, 1.165) is 48.4 Å². The van der Waals surface area contributed by atoms with Gasteiger partial charge in [0.2, 0.25) is 0 Å². The monoisotopic (exact) mass is 657 g/mol. The van der Waals surface area contributed by atoms with Gasteiger partial charge in [0.15, 0.2) is 5.13 Å². The molecule has 7 rings (SSSR count). The molecule has 0 radical (unpaired) electrons. The summed E-state index contributed by atoms with van der Waals surface area (Å²) in [4.78, 5) is 16.5. The van der Waals surface area contributed by atoms with Gasteiger partial charge in [0.25, 0.3) is 0 Å². The lowest BCUT2D eigenvalue weighted by Gasteiger charge is -2.35. The Morgan fingerprint density at radius 3 is 2.52 bits per heavy atom. The van der Waals surface area contributed by atoms with Crippen LogP contribution >= 0.6 is 11.3 Å². The van der Waals surface area contributed by atoms with Crippen molar-refractivity contribution in [2.24, 2.45) is 11.8 Å². The molecule has 0 saturated heterocycles. The van der Waals surface area contributed by atoms with Crippen molar-refractivity contribution in [3.63, 3.8) is 0 Å². The number of nitrogens with one attached hydrogen (secondary N) is 1. The number of aromatic carboxylic acids is 1. The zero-order valence-corrected chi connectivity index (χ0v) is 26.1. The third-order valence-electron chi connectivity index (χ3n) is 9.01. The van der Waals surface area contributed by atoms with Crippen LogP contribution in [-0.4, -0.2) is 45.8 Å². The van der Waals surface area contributed by atoms with E-state index < -0.39 is 12.3 Å². The number of fused-ring (bicyclic) bond motifs is 3. The lowest BCUT2D eigenvalue weighted by atomic mass is 9.82. The first kappa shape index (κ1) is 30.8. The van der Waals surface area contributed by atoms with Crippen LogP contribution in [0.15, 0.2) is 40.9 Å². The number of carboxylic acid groups (broad SMARTS) is 1. The summed E-state index contributed by atoms with van der Waals surface area (Å²) in [7, 11) is 0. The summed E-state index contributed by atoms with van der Waals surface area (Å²) < 4.78 is 62.6. The van der Waals surface area contributed by atoms with E-state index in [1.54, 1.807) is 18.2 Å². The first-order chi connectivity index (χ1) is 22.0. The molecular formula is C33H34F3N3O6S. The lowest BCUT2D eigenvalue weighted by molar-refractivity contribution is -0.274. The molecule has 2 N–H and O–H groups in total. The Labute approximate surface area is 267 Å². The number of anilines is 1. The Bertz CT molecular complexity index is 1740. The molecule has 3 saturated carbocycles. The Morgan fingerprint density at radius 2 is 1.85 bits per heavy atom. The number of hydrogen-bond acceptors (Lipinski definition) is 9. The second-order valence-corrected chi connectivity index (χ2v) is 13.7. The summed E-state index contributed by atoms with van der Waals surface area (Å²) in [5, 5.41) is 18.2. The van der Waals surface area contributed by atoms with Gasteiger partial charge in [0.1, 0.15) is 28.5 Å². The Kier molecular flexibility index (Phi) is 8.08. The lowest BCUT2D eigenvalue weighted by Crippen LogP contribution is -2.39. The van der Waals surface area contributed by atoms with Gasteiger partial charge < -0.3 is 29.2 Å². The van der Waals surface area contributed by atoms with Crippen LogP contribution in [0.1, 0.15) is 80.0 Å². The molecule has 2 aromatic heterocycles. The third-order valence-corrected chi connectivity index (χ3v) is 9.95. The summed E-state index contributed by atoms with van der Waals surface area (Å²) in [5.41, 5.74) is 2.03. The van der Waals surface area contributed by atoms with Crippen LogP contribution in [0.4, 0.5) is 18.3 Å². The molecule has 9 nitrogen and oxygen atoms in total. The third kappa shape index (κ3) is 6.39. The number of alkyl halides is 3. The number of aromatic nitrogens is 2. The number of thiazole rings is 1. The number of carboxylic acids is 1. The minimum atomic E-state index is -4.83. The van der Waals surface area contributed by atoms with Crippen molar-refractivity contribution >= 4 is 32.7 Å². The fourth-order valence-corrected chi connectivity index (χ4v) is 7.90. The summed E-state index contributed by atoms with van der Waals surface area (Å²) in [6.45, 7) is 3.97. The molecule has 0 aliphatic heterocycles. The summed E-state index contributed by atoms with van der Waals surface area (Å²) in [6, 6.07) is 9.33. The van der Waals surface area contributed by atoms with Crippen LogP contribution in [0.3, 0.4) is 0 Å². The van der Waals surface area contributed by atoms with Gasteiger partial charge in [-0.05, 0) is 88.5 Å². The largest absolute Gasteiger partial charge is 0.573 e. The molecule has 0 spiro atoms. The van der Waals surface area contributed by atoms with Crippen LogP contribution in [0.2, 0.25) is 0 Å². The Balaban J connectivity index is 1.06. The van der Waals surface area contributed by atoms with Crippen molar-refractivity contribution in [3.05, 3.63) is 53.3 Å². The number of halogens is 3. The molecule has 4 aromatic rings. The van der Waals surface area contributed by atoms with E-state index in [1.807, 2.05) is 13.8 Å². The van der Waals surface area contributed by atoms with E-state index in [-0.39, 0.29) is 47.7 Å². The van der Waals surface area contributed by atoms with Crippen molar-refractivity contribution in [1.29, 1.82) is 0 Å². The topological polar surface area (TPSA) is 116 Å². The molecule has 3 fully saturated rings. The van der Waals surface area contributed by atoms with Crippen LogP contribution < -0.4 is 14.8 Å². The second kappa shape index (κ2) is 12.1. The number of para-hydroxylation sites is 1. The van der Waals surface area contributed by atoms with E-state index >= 15 is 0 Å². The van der Waals surface area contributed by atoms with Gasteiger partial charge >= 0.3 is 12.3 Å². The molecule has 46 heavy (non-hydrogen) atoms. The fraction of sp³-hybridized carbons (Fsp3) is 0.485. The number of carbonyl (C=O) groups is 1. The SMILES string of the molecule is CC(C)Oc1cc(C(=O)O)cc2sc(NC3[C@@H]4CC[C@H]3CC(OCc3c(-c5ccccc5OC(F)(F)F)noc3C3CC3)C4)nc12. The molecule has 0 amide bonds. The van der Waals surface area contributed by atoms with Gasteiger partial charge in [-0.2, -0.15) is 0 Å². The fourth-order valence-electron chi connectivity index (χ4n) is 6.93. The summed E-state index contributed by atoms with van der Waals surface area (Å²) in [5.74, 6) is 0.687. The number of ether oxygens (including phenoxy) is 3. The maximum atomic E-state index is 13.2. The van der Waals surface area contributed by atoms with Crippen molar-refractivity contribution in [2.45, 2.75) is 89.5 Å². The standard InChI is InChI=1S/C33H34F3N3O6S/c1-16(2)43-25-13-20(31(40)41)14-26-29(25)38-32(46-26)37-27-18-9-10-19(27)12-21(11-18)42-15-23-28(39-45-30(23)17-7-8-17)22-5-3-4-6-24(22)44-33(34,35)36/h3-6,13-14,16-19,21,27H,7-12,15H2,1-2H3,(H,37,38)(H,40,41)/t18-,19+,21?,27?. The predicted molar refractivity (Wildman–Crippen MR) is 164 cm³/mol. The van der Waals surface area contributed by atoms with Crippen molar-refractivity contribution < 1.29 is 41.8 Å². The average molecular weight is 658 g/mol. The minimum Gasteiger partial charge on any atom is -0.489 e. The van der Waals surface area contributed by atoms with Gasteiger partial charge in [0.05, 0.1) is 29.1 Å². The number of rotatable bonds is 11. The molecular weight excluding hydrogens is 623 g/mol. The molecule has 2 aromatic carbocycles. The first-order valence-corrected chi connectivity index (χ1v) is 16.4. The Morgan fingerprint density at radius 1 is 1.11 bits per heavy atom. The van der Waals surface area contributed by atoms with Crippen LogP contribution in [-0.2, 0) is 11.3 Å². The quantitative estimate of drug-likeness (QED) is 0.164. The molecule has 4 atom stereocenters. The number of nitrogens with zero attached hydrogens (tertiary/aromatic N) is 2. The van der Waals surface area contributed by atoms with Crippen LogP contribution in [0, 0.1) is 11.8 Å². The van der Waals surface area contributed by atoms with E-state index in [1.165, 1.54) is 29.5 Å². The summed E-state index contributed by atoms with van der Waals surface area (Å²) in [6.07, 6.45) is 0.653. The maximum absolute atomic E-state index is 13.2. The number of benzene rings is 2. The molecule has 3 aliphatic rings. The Hall–Kier alpha value is -3.84. The smallest absolute Gasteiger partial charge is 0.489 e. The molecule has 2 bridgehead atoms. The molecule has 13 heteroatoms. The molecule has 2 heterocycles. The highest BCUT2D eigenvalue weighted by atomic mass is 32.1. The van der Waals surface area contributed by atoms with Gasteiger partial charge in [0, 0.05) is 23.1 Å². The van der Waals surface area contributed by atoms with E-state index in [2.05, 4.69) is 15.2 Å². The minimum absolute atomic E-state index is 0.0217. The predicted octanol–water partition coefficient (Wildman–Crippen LogP) is 8.40. The average Bonchev–Trinajstić information content (AvgIpc) is 3.54. The van der Waals surface area contributed by atoms with E-state index in [0.29, 0.717) is 40.1 Å². The van der Waals surface area contributed by atoms with Crippen LogP contribution in [0.5, 0.6) is 11.5 Å². The molecule has 244 valence electrons. The maximum Gasteiger partial charge on any atom is 0.573 e. The normalized spacial score (nSPS) is 22.8. The van der Waals surface area contributed by atoms with Crippen molar-refractivity contribution in [3.8, 4) is 22.8 Å². The number of hydrogen-bond donors (Lipinski definition) is 2. The van der Waals surface area contributed by atoms with Crippen molar-refractivity contribution in [2.75, 3.05) is 5.32 Å². The first-order valence-electron chi connectivity index (χ1n) is 15.6. The van der Waals surface area contributed by atoms with Crippen molar-refractivity contribution in [1.82, 2.24) is 10.1 Å². The van der Waals surface area contributed by atoms with Gasteiger partial charge in [-0.1, -0.05) is 28.6 Å². The van der Waals surface area contributed by atoms with Gasteiger partial charge in [-0.25, -0.2) is 9.78 Å². The highest BCUT2D eigenvalue weighted by Crippen LogP contribution is 2.48. The molecule has 3 aliphatic carbocycles. The highest BCUT2D eigenvalue weighted by Gasteiger charge is 2.44. The van der Waals surface area contributed by atoms with Gasteiger partial charge in [-0.15, -0.1) is 13.2 Å². The van der Waals surface area contributed by atoms with E-state index in [4.69, 9.17) is 19.0 Å². The van der Waals surface area contributed by atoms with Gasteiger partial charge in [-0.3, -0.25) is 0 Å². The second-order valence-electron chi connectivity index (χ2n) is 12.7.